The van der Waals surface area contributed by atoms with E-state index in [4.69, 9.17) is 9.47 Å². The highest BCUT2D eigenvalue weighted by Crippen LogP contribution is 2.47. The van der Waals surface area contributed by atoms with Gasteiger partial charge in [0.2, 0.25) is 5.82 Å². The lowest BCUT2D eigenvalue weighted by Gasteiger charge is -2.51. The molecule has 2 heterocycles. The van der Waals surface area contributed by atoms with Crippen molar-refractivity contribution in [2.45, 2.75) is 55.7 Å². The molecular formula is C30H29F2NO4. The van der Waals surface area contributed by atoms with Gasteiger partial charge >= 0.3 is 6.09 Å². The van der Waals surface area contributed by atoms with E-state index < -0.39 is 23.3 Å². The van der Waals surface area contributed by atoms with Crippen LogP contribution in [0.3, 0.4) is 0 Å². The van der Waals surface area contributed by atoms with Crippen molar-refractivity contribution in [3.63, 3.8) is 0 Å². The quantitative estimate of drug-likeness (QED) is 0.464. The van der Waals surface area contributed by atoms with E-state index in [-0.39, 0.29) is 48.8 Å². The maximum Gasteiger partial charge on any atom is 0.410 e. The van der Waals surface area contributed by atoms with E-state index in [2.05, 4.69) is 24.3 Å². The zero-order valence-corrected chi connectivity index (χ0v) is 20.6. The summed E-state index contributed by atoms with van der Waals surface area (Å²) in [6.07, 6.45) is 2.07. The van der Waals surface area contributed by atoms with E-state index >= 15 is 0 Å². The molecule has 3 aromatic rings. The average molecular weight is 506 g/mol. The number of methoxy groups -OCH3 is 1. The summed E-state index contributed by atoms with van der Waals surface area (Å²) in [4.78, 5) is 15.1. The number of amides is 1. The number of halogens is 2. The summed E-state index contributed by atoms with van der Waals surface area (Å²) in [6, 6.07) is 18.4. The summed E-state index contributed by atoms with van der Waals surface area (Å²) in [5, 5.41) is 11.5. The van der Waals surface area contributed by atoms with Crippen LogP contribution in [0.25, 0.3) is 11.1 Å². The predicted octanol–water partition coefficient (Wildman–Crippen LogP) is 6.13. The maximum atomic E-state index is 14.9. The number of hydrogen-bond donors (Lipinski definition) is 1. The fraction of sp³-hybridized carbons (Fsp3) is 0.367. The first kappa shape index (κ1) is 23.9. The normalized spacial score (nSPS) is 24.4. The summed E-state index contributed by atoms with van der Waals surface area (Å²) in [5.41, 5.74) is 2.94. The van der Waals surface area contributed by atoms with Crippen LogP contribution in [0.5, 0.6) is 5.75 Å². The van der Waals surface area contributed by atoms with Crippen LogP contribution in [0.15, 0.2) is 60.7 Å². The molecule has 3 aliphatic rings. The first-order chi connectivity index (χ1) is 17.9. The van der Waals surface area contributed by atoms with Crippen molar-refractivity contribution in [1.29, 1.82) is 0 Å². The Kier molecular flexibility index (Phi) is 5.91. The van der Waals surface area contributed by atoms with Crippen molar-refractivity contribution in [1.82, 2.24) is 4.90 Å². The van der Waals surface area contributed by atoms with Gasteiger partial charge in [0.15, 0.2) is 11.6 Å². The molecular weight excluding hydrogens is 476 g/mol. The van der Waals surface area contributed by atoms with Gasteiger partial charge in [-0.2, -0.15) is 4.39 Å². The summed E-state index contributed by atoms with van der Waals surface area (Å²) in [6.45, 7) is 0.214. The summed E-state index contributed by atoms with van der Waals surface area (Å²) < 4.78 is 40.2. The standard InChI is InChI=1S/C30H29F2NO4/c1-36-26-14-13-25(27(31)28(26)32)30(35)15-18-7-6-8-19(16-30)33(18)29(34)37-17-24-22-11-4-2-9-20(22)21-10-3-5-12-23(21)24/h2-5,9-14,18-19,24,35H,6-8,15-17H2,1H3. The van der Waals surface area contributed by atoms with Crippen LogP contribution in [-0.4, -0.2) is 41.9 Å². The molecule has 0 aromatic heterocycles. The van der Waals surface area contributed by atoms with Gasteiger partial charge < -0.3 is 19.5 Å². The minimum Gasteiger partial charge on any atom is -0.494 e. The predicted molar refractivity (Wildman–Crippen MR) is 134 cm³/mol. The number of ether oxygens (including phenoxy) is 2. The van der Waals surface area contributed by atoms with E-state index in [9.17, 15) is 18.7 Å². The van der Waals surface area contributed by atoms with Gasteiger partial charge in [-0.05, 0) is 53.6 Å². The Morgan fingerprint density at radius 2 is 1.54 bits per heavy atom. The number of benzene rings is 3. The lowest BCUT2D eigenvalue weighted by Crippen LogP contribution is -2.59. The smallest absolute Gasteiger partial charge is 0.410 e. The second kappa shape index (κ2) is 9.14. The van der Waals surface area contributed by atoms with E-state index in [0.29, 0.717) is 12.8 Å². The van der Waals surface area contributed by atoms with E-state index in [1.54, 1.807) is 4.90 Å². The van der Waals surface area contributed by atoms with Crippen LogP contribution < -0.4 is 4.74 Å². The highest BCUT2D eigenvalue weighted by Gasteiger charge is 2.50. The third kappa shape index (κ3) is 3.87. The topological polar surface area (TPSA) is 59.0 Å². The lowest BCUT2D eigenvalue weighted by molar-refractivity contribution is -0.0909. The summed E-state index contributed by atoms with van der Waals surface area (Å²) in [5.74, 6) is -2.47. The van der Waals surface area contributed by atoms with Crippen LogP contribution in [0.2, 0.25) is 0 Å². The van der Waals surface area contributed by atoms with Crippen LogP contribution in [0.4, 0.5) is 13.6 Å². The van der Waals surface area contributed by atoms with Crippen molar-refractivity contribution < 1.29 is 28.2 Å². The first-order valence-corrected chi connectivity index (χ1v) is 12.8. The molecule has 1 N–H and O–H groups in total. The number of fused-ring (bicyclic) bond motifs is 5. The number of piperidine rings is 2. The molecule has 5 nitrogen and oxygen atoms in total. The first-order valence-electron chi connectivity index (χ1n) is 12.8. The second-order valence-electron chi connectivity index (χ2n) is 10.3. The molecule has 37 heavy (non-hydrogen) atoms. The van der Waals surface area contributed by atoms with Gasteiger partial charge in [-0.3, -0.25) is 0 Å². The highest BCUT2D eigenvalue weighted by atomic mass is 19.2. The highest BCUT2D eigenvalue weighted by molar-refractivity contribution is 5.79. The van der Waals surface area contributed by atoms with E-state index in [1.165, 1.54) is 19.2 Å². The fourth-order valence-electron chi connectivity index (χ4n) is 6.66. The third-order valence-electron chi connectivity index (χ3n) is 8.32. The molecule has 1 amide bonds. The molecule has 2 bridgehead atoms. The summed E-state index contributed by atoms with van der Waals surface area (Å²) >= 11 is 0. The second-order valence-corrected chi connectivity index (χ2v) is 10.3. The Labute approximate surface area is 214 Å². The van der Waals surface area contributed by atoms with Gasteiger partial charge in [0, 0.05) is 36.4 Å². The Hall–Kier alpha value is -3.45. The van der Waals surface area contributed by atoms with Gasteiger partial charge in [0.1, 0.15) is 6.61 Å². The van der Waals surface area contributed by atoms with Crippen molar-refractivity contribution in [2.75, 3.05) is 13.7 Å². The molecule has 0 radical (unpaired) electrons. The van der Waals surface area contributed by atoms with E-state index in [1.807, 2.05) is 24.3 Å². The average Bonchev–Trinajstić information content (AvgIpc) is 3.22. The molecule has 3 aromatic carbocycles. The number of carbonyl (C=O) groups excluding carboxylic acids is 1. The monoisotopic (exact) mass is 505 g/mol. The van der Waals surface area contributed by atoms with Crippen molar-refractivity contribution in [2.24, 2.45) is 0 Å². The molecule has 2 saturated heterocycles. The molecule has 0 spiro atoms. The number of hydrogen-bond acceptors (Lipinski definition) is 4. The Balaban J connectivity index is 1.21. The molecule has 7 heteroatoms. The molecule has 2 unspecified atom stereocenters. The zero-order valence-electron chi connectivity index (χ0n) is 20.6. The Morgan fingerprint density at radius 1 is 0.946 bits per heavy atom. The maximum absolute atomic E-state index is 14.9. The number of aliphatic hydroxyl groups is 1. The molecule has 0 saturated carbocycles. The number of carbonyl (C=O) groups is 1. The van der Waals surface area contributed by atoms with Gasteiger partial charge in [-0.1, -0.05) is 48.5 Å². The van der Waals surface area contributed by atoms with Gasteiger partial charge in [-0.15, -0.1) is 0 Å². The third-order valence-corrected chi connectivity index (χ3v) is 8.32. The molecule has 192 valence electrons. The van der Waals surface area contributed by atoms with Crippen LogP contribution >= 0.6 is 0 Å². The molecule has 2 aliphatic heterocycles. The van der Waals surface area contributed by atoms with Gasteiger partial charge in [0.05, 0.1) is 12.7 Å². The lowest BCUT2D eigenvalue weighted by atomic mass is 9.72. The van der Waals surface area contributed by atoms with Crippen LogP contribution in [-0.2, 0) is 10.3 Å². The van der Waals surface area contributed by atoms with Crippen LogP contribution in [0, 0.1) is 11.6 Å². The largest absolute Gasteiger partial charge is 0.494 e. The number of rotatable bonds is 4. The fourth-order valence-corrected chi connectivity index (χ4v) is 6.66. The van der Waals surface area contributed by atoms with Crippen LogP contribution in [0.1, 0.15) is 54.7 Å². The van der Waals surface area contributed by atoms with Crippen molar-refractivity contribution >= 4 is 6.09 Å². The van der Waals surface area contributed by atoms with Gasteiger partial charge in [-0.25, -0.2) is 9.18 Å². The zero-order chi connectivity index (χ0) is 25.7. The van der Waals surface area contributed by atoms with Gasteiger partial charge in [0.25, 0.3) is 0 Å². The molecule has 2 atom stereocenters. The Morgan fingerprint density at radius 3 is 2.14 bits per heavy atom. The molecule has 6 rings (SSSR count). The minimum absolute atomic E-state index is 0.0470. The van der Waals surface area contributed by atoms with E-state index in [0.717, 1.165) is 28.7 Å². The SMILES string of the molecule is COc1ccc(C2(O)CC3CCCC(C2)N3C(=O)OCC2c3ccccc3-c3ccccc32)c(F)c1F. The minimum atomic E-state index is -1.58. The number of nitrogens with zero attached hydrogens (tertiary/aromatic N) is 1. The Bertz CT molecular complexity index is 1300. The molecule has 1 aliphatic carbocycles. The summed E-state index contributed by atoms with van der Waals surface area (Å²) in [7, 11) is 1.27. The molecule has 2 fully saturated rings. The van der Waals surface area contributed by atoms with Crippen molar-refractivity contribution in [3.05, 3.63) is 89.0 Å². The van der Waals surface area contributed by atoms with Crippen molar-refractivity contribution in [3.8, 4) is 16.9 Å².